The number of carbonyl (C=O) groups is 2. The standard InChI is InChI=1S/C20H28N4O2S/c1-6-14(5)17(21-16(25)10-12(2)3)18(26)22-20-24-23-19(27-20)15-9-7-8-13(4)11-15/h7-9,11-12,14,17H,6,10H2,1-5H3,(H,21,25)(H,22,24,26). The fourth-order valence-electron chi connectivity index (χ4n) is 2.66. The number of nitrogens with one attached hydrogen (secondary N) is 2. The highest BCUT2D eigenvalue weighted by Gasteiger charge is 2.27. The van der Waals surface area contributed by atoms with Gasteiger partial charge in [-0.3, -0.25) is 14.9 Å². The van der Waals surface area contributed by atoms with E-state index in [1.807, 2.05) is 58.9 Å². The van der Waals surface area contributed by atoms with E-state index in [9.17, 15) is 9.59 Å². The molecule has 0 radical (unpaired) electrons. The van der Waals surface area contributed by atoms with Gasteiger partial charge < -0.3 is 5.32 Å². The number of rotatable bonds is 8. The van der Waals surface area contributed by atoms with Crippen LogP contribution in [-0.2, 0) is 9.59 Å². The second kappa shape index (κ2) is 9.60. The third kappa shape index (κ3) is 6.13. The fraction of sp³-hybridized carbons (Fsp3) is 0.500. The third-order valence-electron chi connectivity index (χ3n) is 4.33. The SMILES string of the molecule is CCC(C)C(NC(=O)CC(C)C)C(=O)Nc1nnc(-c2cccc(C)c2)s1. The second-order valence-corrected chi connectivity index (χ2v) is 8.28. The average molecular weight is 389 g/mol. The highest BCUT2D eigenvalue weighted by Crippen LogP contribution is 2.27. The van der Waals surface area contributed by atoms with E-state index in [1.165, 1.54) is 11.3 Å². The summed E-state index contributed by atoms with van der Waals surface area (Å²) < 4.78 is 0. The minimum atomic E-state index is -0.590. The van der Waals surface area contributed by atoms with Gasteiger partial charge in [0.25, 0.3) is 0 Å². The van der Waals surface area contributed by atoms with Crippen molar-refractivity contribution in [3.05, 3.63) is 29.8 Å². The van der Waals surface area contributed by atoms with Gasteiger partial charge >= 0.3 is 0 Å². The van der Waals surface area contributed by atoms with Crippen molar-refractivity contribution in [3.8, 4) is 10.6 Å². The Morgan fingerprint density at radius 2 is 1.93 bits per heavy atom. The Balaban J connectivity index is 2.09. The van der Waals surface area contributed by atoms with E-state index < -0.39 is 6.04 Å². The number of benzene rings is 1. The van der Waals surface area contributed by atoms with Crippen LogP contribution in [0.15, 0.2) is 24.3 Å². The van der Waals surface area contributed by atoms with Crippen molar-refractivity contribution in [3.63, 3.8) is 0 Å². The lowest BCUT2D eigenvalue weighted by Crippen LogP contribution is -2.47. The molecule has 0 fully saturated rings. The van der Waals surface area contributed by atoms with E-state index in [-0.39, 0.29) is 23.7 Å². The van der Waals surface area contributed by atoms with E-state index in [2.05, 4.69) is 20.8 Å². The first-order chi connectivity index (χ1) is 12.8. The van der Waals surface area contributed by atoms with Crippen LogP contribution in [0.1, 0.15) is 46.1 Å². The molecule has 0 saturated carbocycles. The van der Waals surface area contributed by atoms with Crippen molar-refractivity contribution in [2.24, 2.45) is 11.8 Å². The number of nitrogens with zero attached hydrogens (tertiary/aromatic N) is 2. The summed E-state index contributed by atoms with van der Waals surface area (Å²) in [7, 11) is 0. The highest BCUT2D eigenvalue weighted by atomic mass is 32.1. The minimum absolute atomic E-state index is 0.0188. The van der Waals surface area contributed by atoms with Crippen LogP contribution in [0.5, 0.6) is 0 Å². The molecule has 6 nitrogen and oxygen atoms in total. The number of hydrogen-bond donors (Lipinski definition) is 2. The predicted octanol–water partition coefficient (Wildman–Crippen LogP) is 4.03. The molecule has 2 unspecified atom stereocenters. The monoisotopic (exact) mass is 388 g/mol. The highest BCUT2D eigenvalue weighted by molar-refractivity contribution is 7.18. The van der Waals surface area contributed by atoms with Crippen LogP contribution in [0.25, 0.3) is 10.6 Å². The molecular formula is C20H28N4O2S. The lowest BCUT2D eigenvalue weighted by molar-refractivity contribution is -0.128. The van der Waals surface area contributed by atoms with Gasteiger partial charge in [-0.2, -0.15) is 0 Å². The lowest BCUT2D eigenvalue weighted by Gasteiger charge is -2.23. The molecule has 2 atom stereocenters. The summed E-state index contributed by atoms with van der Waals surface area (Å²) in [5.41, 5.74) is 2.11. The van der Waals surface area contributed by atoms with Gasteiger partial charge in [-0.1, -0.05) is 69.2 Å². The maximum absolute atomic E-state index is 12.7. The Labute approximate surface area is 164 Å². The molecule has 1 aromatic carbocycles. The van der Waals surface area contributed by atoms with Gasteiger partial charge in [0.1, 0.15) is 11.0 Å². The van der Waals surface area contributed by atoms with Gasteiger partial charge in [0.15, 0.2) is 0 Å². The Kier molecular flexibility index (Phi) is 7.47. The van der Waals surface area contributed by atoms with Crippen LogP contribution in [0.3, 0.4) is 0 Å². The Hall–Kier alpha value is -2.28. The molecule has 2 amide bonds. The number of amides is 2. The van der Waals surface area contributed by atoms with E-state index >= 15 is 0 Å². The van der Waals surface area contributed by atoms with Gasteiger partial charge in [-0.05, 0) is 24.8 Å². The first-order valence-electron chi connectivity index (χ1n) is 9.30. The smallest absolute Gasteiger partial charge is 0.249 e. The van der Waals surface area contributed by atoms with Crippen LogP contribution in [0.2, 0.25) is 0 Å². The van der Waals surface area contributed by atoms with Crippen molar-refractivity contribution in [2.75, 3.05) is 5.32 Å². The molecule has 0 aliphatic heterocycles. The number of anilines is 1. The van der Waals surface area contributed by atoms with Crippen LogP contribution < -0.4 is 10.6 Å². The zero-order valence-electron chi connectivity index (χ0n) is 16.6. The quantitative estimate of drug-likeness (QED) is 0.715. The van der Waals surface area contributed by atoms with E-state index in [4.69, 9.17) is 0 Å². The zero-order chi connectivity index (χ0) is 20.0. The maximum Gasteiger partial charge on any atom is 0.249 e. The molecule has 0 bridgehead atoms. The van der Waals surface area contributed by atoms with Gasteiger partial charge in [0, 0.05) is 12.0 Å². The maximum atomic E-state index is 12.7. The van der Waals surface area contributed by atoms with Crippen LogP contribution in [0, 0.1) is 18.8 Å². The van der Waals surface area contributed by atoms with Gasteiger partial charge in [0.05, 0.1) is 0 Å². The summed E-state index contributed by atoms with van der Waals surface area (Å²) in [5, 5.41) is 15.1. The number of aromatic nitrogens is 2. The molecule has 0 aliphatic carbocycles. The van der Waals surface area contributed by atoms with E-state index in [1.54, 1.807) is 0 Å². The molecule has 2 rings (SSSR count). The van der Waals surface area contributed by atoms with Gasteiger partial charge in [-0.25, -0.2) is 0 Å². The van der Waals surface area contributed by atoms with Crippen molar-refractivity contribution in [2.45, 2.75) is 53.5 Å². The van der Waals surface area contributed by atoms with Crippen LogP contribution >= 0.6 is 11.3 Å². The van der Waals surface area contributed by atoms with Crippen LogP contribution in [-0.4, -0.2) is 28.1 Å². The molecular weight excluding hydrogens is 360 g/mol. The first kappa shape index (κ1) is 21.0. The molecule has 27 heavy (non-hydrogen) atoms. The van der Waals surface area contributed by atoms with Crippen LogP contribution in [0.4, 0.5) is 5.13 Å². The normalized spacial score (nSPS) is 13.3. The summed E-state index contributed by atoms with van der Waals surface area (Å²) in [6.07, 6.45) is 1.18. The number of carbonyl (C=O) groups excluding carboxylic acids is 2. The van der Waals surface area contributed by atoms with Gasteiger partial charge in [-0.15, -0.1) is 10.2 Å². The average Bonchev–Trinajstić information content (AvgIpc) is 3.06. The Morgan fingerprint density at radius 1 is 1.19 bits per heavy atom. The molecule has 0 saturated heterocycles. The van der Waals surface area contributed by atoms with E-state index in [0.29, 0.717) is 11.6 Å². The van der Waals surface area contributed by atoms with Crippen molar-refractivity contribution in [1.29, 1.82) is 0 Å². The second-order valence-electron chi connectivity index (χ2n) is 7.30. The Morgan fingerprint density at radius 3 is 2.56 bits per heavy atom. The summed E-state index contributed by atoms with van der Waals surface area (Å²) in [4.78, 5) is 24.9. The summed E-state index contributed by atoms with van der Waals surface area (Å²) in [6.45, 7) is 9.93. The predicted molar refractivity (Wildman–Crippen MR) is 110 cm³/mol. The molecule has 2 N–H and O–H groups in total. The zero-order valence-corrected chi connectivity index (χ0v) is 17.4. The molecule has 1 aromatic heterocycles. The molecule has 146 valence electrons. The number of hydrogen-bond acceptors (Lipinski definition) is 5. The molecule has 0 aliphatic rings. The largest absolute Gasteiger partial charge is 0.344 e. The molecule has 1 heterocycles. The topological polar surface area (TPSA) is 84.0 Å². The molecule has 7 heteroatoms. The Bertz CT molecular complexity index is 788. The minimum Gasteiger partial charge on any atom is -0.344 e. The van der Waals surface area contributed by atoms with Crippen molar-refractivity contribution in [1.82, 2.24) is 15.5 Å². The number of aryl methyl sites for hydroxylation is 1. The summed E-state index contributed by atoms with van der Waals surface area (Å²) >= 11 is 1.32. The fourth-order valence-corrected chi connectivity index (χ4v) is 3.40. The van der Waals surface area contributed by atoms with Gasteiger partial charge in [0.2, 0.25) is 16.9 Å². The van der Waals surface area contributed by atoms with Crippen molar-refractivity contribution >= 4 is 28.3 Å². The van der Waals surface area contributed by atoms with E-state index in [0.717, 1.165) is 22.6 Å². The lowest BCUT2D eigenvalue weighted by atomic mass is 9.97. The summed E-state index contributed by atoms with van der Waals surface area (Å²) in [5.74, 6) is -0.104. The first-order valence-corrected chi connectivity index (χ1v) is 10.1. The summed E-state index contributed by atoms with van der Waals surface area (Å²) in [6, 6.07) is 7.39. The van der Waals surface area contributed by atoms with Crippen molar-refractivity contribution < 1.29 is 9.59 Å². The molecule has 2 aromatic rings. The molecule has 0 spiro atoms. The third-order valence-corrected chi connectivity index (χ3v) is 5.21.